The Morgan fingerprint density at radius 2 is 2.10 bits per heavy atom. The Kier molecular flexibility index (Phi) is 7.13. The van der Waals surface area contributed by atoms with Crippen LogP contribution in [0.4, 0.5) is 11.8 Å². The number of hydrogen-bond acceptors (Lipinski definition) is 7. The van der Waals surface area contributed by atoms with Crippen LogP contribution in [0, 0.1) is 6.92 Å². The van der Waals surface area contributed by atoms with Crippen molar-refractivity contribution in [3.8, 4) is 5.75 Å². The third-order valence-electron chi connectivity index (χ3n) is 4.79. The molecule has 3 aromatic heterocycles. The van der Waals surface area contributed by atoms with E-state index >= 15 is 0 Å². The van der Waals surface area contributed by atoms with Crippen LogP contribution in [0.2, 0.25) is 0 Å². The van der Waals surface area contributed by atoms with Gasteiger partial charge < -0.3 is 9.64 Å². The van der Waals surface area contributed by atoms with E-state index in [0.717, 1.165) is 52.7 Å². The molecule has 3 aromatic rings. The van der Waals surface area contributed by atoms with E-state index in [1.807, 2.05) is 24.9 Å². The quantitative estimate of drug-likeness (QED) is 0.509. The number of thioether (sulfide) groups is 1. The van der Waals surface area contributed by atoms with Gasteiger partial charge in [0.25, 0.3) is 0 Å². The van der Waals surface area contributed by atoms with Crippen molar-refractivity contribution in [2.24, 2.45) is 7.05 Å². The van der Waals surface area contributed by atoms with Gasteiger partial charge in [-0.2, -0.15) is 16.9 Å². The number of rotatable bonds is 10. The molecule has 0 amide bonds. The molecule has 0 unspecified atom stereocenters. The summed E-state index contributed by atoms with van der Waals surface area (Å²) in [5.41, 5.74) is 3.01. The van der Waals surface area contributed by atoms with Crippen molar-refractivity contribution in [3.63, 3.8) is 0 Å². The summed E-state index contributed by atoms with van der Waals surface area (Å²) in [6.45, 7) is 9.38. The highest BCUT2D eigenvalue weighted by Gasteiger charge is 2.17. The molecule has 2 N–H and O–H groups in total. The zero-order valence-electron chi connectivity index (χ0n) is 17.8. The molecule has 156 valence electrons. The number of pyridine rings is 1. The minimum absolute atomic E-state index is 0.610. The highest BCUT2D eigenvalue weighted by molar-refractivity contribution is 7.98. The molecule has 0 saturated carbocycles. The van der Waals surface area contributed by atoms with E-state index in [9.17, 15) is 0 Å². The Bertz CT molecular complexity index is 938. The van der Waals surface area contributed by atoms with Crippen LogP contribution in [-0.2, 0) is 13.6 Å². The molecule has 9 heteroatoms. The fourth-order valence-electron chi connectivity index (χ4n) is 3.24. The highest BCUT2D eigenvalue weighted by Crippen LogP contribution is 2.26. The number of nitrogens with one attached hydrogen (secondary N) is 2. The van der Waals surface area contributed by atoms with Crippen LogP contribution < -0.4 is 19.9 Å². The van der Waals surface area contributed by atoms with Crippen molar-refractivity contribution in [2.45, 2.75) is 27.3 Å². The van der Waals surface area contributed by atoms with Crippen molar-refractivity contribution < 1.29 is 9.72 Å². The Balaban J connectivity index is 1.81. The van der Waals surface area contributed by atoms with Crippen LogP contribution in [0.1, 0.15) is 25.1 Å². The number of aromatic nitrogens is 5. The van der Waals surface area contributed by atoms with Gasteiger partial charge in [0.1, 0.15) is 12.0 Å². The number of hydrogen-bond donors (Lipinski definition) is 1. The van der Waals surface area contributed by atoms with Gasteiger partial charge in [0.05, 0.1) is 18.8 Å². The lowest BCUT2D eigenvalue weighted by atomic mass is 10.1. The second-order valence-corrected chi connectivity index (χ2v) is 7.70. The number of H-pyrrole nitrogens is 1. The predicted molar refractivity (Wildman–Crippen MR) is 119 cm³/mol. The fraction of sp³-hybridized carbons (Fsp3) is 0.500. The maximum Gasteiger partial charge on any atom is 0.389 e. The third-order valence-corrected chi connectivity index (χ3v) is 5.37. The van der Waals surface area contributed by atoms with Crippen LogP contribution in [0.3, 0.4) is 0 Å². The van der Waals surface area contributed by atoms with Gasteiger partial charge in [-0.25, -0.2) is 9.97 Å². The zero-order chi connectivity index (χ0) is 20.8. The Morgan fingerprint density at radius 1 is 1.31 bits per heavy atom. The third kappa shape index (κ3) is 4.90. The van der Waals surface area contributed by atoms with E-state index in [4.69, 9.17) is 9.72 Å². The molecule has 0 aromatic carbocycles. The van der Waals surface area contributed by atoms with Gasteiger partial charge in [-0.1, -0.05) is 4.98 Å². The summed E-state index contributed by atoms with van der Waals surface area (Å²) in [5, 5.41) is 8.97. The van der Waals surface area contributed by atoms with Gasteiger partial charge >= 0.3 is 5.95 Å². The summed E-state index contributed by atoms with van der Waals surface area (Å²) < 4.78 is 7.49. The molecule has 0 radical (unpaired) electrons. The molecule has 0 spiro atoms. The van der Waals surface area contributed by atoms with Crippen LogP contribution in [0.25, 0.3) is 11.0 Å². The first kappa shape index (κ1) is 21.2. The van der Waals surface area contributed by atoms with Crippen molar-refractivity contribution in [2.75, 3.05) is 41.9 Å². The van der Waals surface area contributed by atoms with Crippen molar-refractivity contribution in [3.05, 3.63) is 29.7 Å². The number of nitrogens with zero attached hydrogens (tertiary/aromatic N) is 5. The van der Waals surface area contributed by atoms with Crippen LogP contribution >= 0.6 is 11.8 Å². The molecule has 0 aliphatic rings. The molecule has 0 bridgehead atoms. The molecule has 0 aliphatic heterocycles. The lowest BCUT2D eigenvalue weighted by Crippen LogP contribution is -2.25. The molecular weight excluding hydrogens is 386 g/mol. The van der Waals surface area contributed by atoms with Crippen LogP contribution in [-0.4, -0.2) is 51.5 Å². The summed E-state index contributed by atoms with van der Waals surface area (Å²) >= 11 is 1.76. The van der Waals surface area contributed by atoms with E-state index in [1.54, 1.807) is 18.0 Å². The molecule has 8 nitrogen and oxygen atoms in total. The van der Waals surface area contributed by atoms with E-state index in [1.165, 1.54) is 0 Å². The average molecular weight is 417 g/mol. The topological polar surface area (TPSA) is 82.2 Å². The summed E-state index contributed by atoms with van der Waals surface area (Å²) in [4.78, 5) is 14.8. The van der Waals surface area contributed by atoms with Crippen LogP contribution in [0.5, 0.6) is 5.75 Å². The number of aryl methyl sites for hydroxylation is 2. The Morgan fingerprint density at radius 3 is 2.76 bits per heavy atom. The Labute approximate surface area is 176 Å². The lowest BCUT2D eigenvalue weighted by Gasteiger charge is -2.22. The maximum atomic E-state index is 5.64. The predicted octanol–water partition coefficient (Wildman–Crippen LogP) is 2.69. The number of anilines is 2. The van der Waals surface area contributed by atoms with Crippen LogP contribution in [0.15, 0.2) is 18.5 Å². The van der Waals surface area contributed by atoms with E-state index in [-0.39, 0.29) is 0 Å². The summed E-state index contributed by atoms with van der Waals surface area (Å²) in [6, 6.07) is 2.19. The van der Waals surface area contributed by atoms with Gasteiger partial charge in [0.15, 0.2) is 17.6 Å². The summed E-state index contributed by atoms with van der Waals surface area (Å²) in [7, 11) is 1.94. The van der Waals surface area contributed by atoms with Gasteiger partial charge in [0.2, 0.25) is 0 Å². The van der Waals surface area contributed by atoms with E-state index in [2.05, 4.69) is 51.5 Å². The second-order valence-electron chi connectivity index (χ2n) is 6.72. The molecule has 3 rings (SSSR count). The van der Waals surface area contributed by atoms with Crippen molar-refractivity contribution >= 4 is 34.6 Å². The Hall–Kier alpha value is -2.55. The smallest absolute Gasteiger partial charge is 0.389 e. The van der Waals surface area contributed by atoms with E-state index in [0.29, 0.717) is 19.1 Å². The molecule has 0 aliphatic carbocycles. The molecule has 0 fully saturated rings. The minimum atomic E-state index is 0.610. The van der Waals surface area contributed by atoms with Gasteiger partial charge in [-0.05, 0) is 33.1 Å². The first-order valence-corrected chi connectivity index (χ1v) is 11.3. The molecular formula is C20H30N7OS+. The normalized spacial score (nSPS) is 11.1. The number of aromatic amines is 1. The van der Waals surface area contributed by atoms with Crippen molar-refractivity contribution in [1.29, 1.82) is 0 Å². The summed E-state index contributed by atoms with van der Waals surface area (Å²) in [6.07, 6.45) is 5.62. The largest absolute Gasteiger partial charge is 0.487 e. The molecule has 0 atom stereocenters. The molecule has 29 heavy (non-hydrogen) atoms. The monoisotopic (exact) mass is 416 g/mol. The van der Waals surface area contributed by atoms with Gasteiger partial charge in [-0.3, -0.25) is 10.00 Å². The first-order chi connectivity index (χ1) is 14.1. The van der Waals surface area contributed by atoms with Gasteiger partial charge in [-0.15, -0.1) is 0 Å². The SMILES string of the molecule is CCN(CC)c1nc2c(cc1CNc1ncc(OCCSC)c[nH+]1)c(C)nn2C. The van der Waals surface area contributed by atoms with Gasteiger partial charge in [0, 0.05) is 36.8 Å². The molecule has 3 heterocycles. The van der Waals surface area contributed by atoms with E-state index < -0.39 is 0 Å². The number of fused-ring (bicyclic) bond motifs is 1. The number of ether oxygens (including phenoxy) is 1. The second kappa shape index (κ2) is 9.78. The first-order valence-electron chi connectivity index (χ1n) is 9.88. The standard InChI is InChI=1S/C20H29N7OS/c1-6-27(7-2)18-15(10-17-14(3)25-26(4)19(17)24-18)11-21-20-22-12-16(13-23-20)28-8-9-29-5/h10,12-13H,6-9,11H2,1-5H3,(H,21,22,23)/p+1. The summed E-state index contributed by atoms with van der Waals surface area (Å²) in [5.74, 6) is 3.37. The zero-order valence-corrected chi connectivity index (χ0v) is 18.6. The fourth-order valence-corrected chi connectivity index (χ4v) is 3.49. The highest BCUT2D eigenvalue weighted by atomic mass is 32.2. The van der Waals surface area contributed by atoms with Crippen molar-refractivity contribution in [1.82, 2.24) is 19.7 Å². The molecule has 0 saturated heterocycles. The average Bonchev–Trinajstić information content (AvgIpc) is 3.01. The lowest BCUT2D eigenvalue weighted by molar-refractivity contribution is -0.366. The minimum Gasteiger partial charge on any atom is -0.487 e. The maximum absolute atomic E-state index is 5.64.